The van der Waals surface area contributed by atoms with Gasteiger partial charge in [-0.2, -0.15) is 24.8 Å². The number of aliphatic hydroxyl groups is 1. The van der Waals surface area contributed by atoms with Gasteiger partial charge >= 0.3 is 6.03 Å². The van der Waals surface area contributed by atoms with Gasteiger partial charge in [0.05, 0.1) is 19.2 Å². The van der Waals surface area contributed by atoms with E-state index in [0.717, 1.165) is 24.0 Å². The number of primary amides is 1. The molecule has 0 radical (unpaired) electrons. The van der Waals surface area contributed by atoms with E-state index in [1.165, 1.54) is 0 Å². The van der Waals surface area contributed by atoms with Crippen molar-refractivity contribution in [2.24, 2.45) is 11.1 Å². The minimum Gasteiger partial charge on any atom is -0.392 e. The molecule has 5 amide bonds. The molecule has 218 valence electrons. The number of carbonyl (C=O) groups excluding carboxylic acids is 4. The van der Waals surface area contributed by atoms with E-state index < -0.39 is 17.4 Å². The second-order valence-corrected chi connectivity index (χ2v) is 9.34. The Kier molecular flexibility index (Phi) is 17.5. The van der Waals surface area contributed by atoms with Crippen LogP contribution in [0.25, 0.3) is 0 Å². The summed E-state index contributed by atoms with van der Waals surface area (Å²) in [6, 6.07) is 8.09. The molecule has 3 rings (SSSR count). The predicted octanol–water partition coefficient (Wildman–Crippen LogP) is 3.55. The average molecular weight is 582 g/mol. The molecule has 0 aliphatic heterocycles. The van der Waals surface area contributed by atoms with Crippen LogP contribution in [0.1, 0.15) is 70.5 Å². The second kappa shape index (κ2) is 19.0. The molecule has 7 N–H and O–H groups in total. The van der Waals surface area contributed by atoms with Gasteiger partial charge in [-0.3, -0.25) is 14.4 Å². The van der Waals surface area contributed by atoms with Crippen LogP contribution in [-0.2, 0) is 21.0 Å². The monoisotopic (exact) mass is 581 g/mol. The number of carbonyl (C=O) groups is 4. The van der Waals surface area contributed by atoms with E-state index in [4.69, 9.17) is 10.8 Å². The van der Waals surface area contributed by atoms with Crippen molar-refractivity contribution in [2.45, 2.75) is 66.0 Å². The topological polar surface area (TPSA) is 163 Å². The summed E-state index contributed by atoms with van der Waals surface area (Å²) in [7, 11) is 0. The molecule has 1 aliphatic rings. The van der Waals surface area contributed by atoms with Crippen LogP contribution >= 0.6 is 24.8 Å². The van der Waals surface area contributed by atoms with Gasteiger partial charge in [0, 0.05) is 12.2 Å². The van der Waals surface area contributed by atoms with E-state index in [-0.39, 0.29) is 44.5 Å². The fourth-order valence-corrected chi connectivity index (χ4v) is 4.26. The summed E-state index contributed by atoms with van der Waals surface area (Å²) in [6.45, 7) is 8.25. The van der Waals surface area contributed by atoms with Gasteiger partial charge in [-0.25, -0.2) is 4.79 Å². The minimum absolute atomic E-state index is 0. The van der Waals surface area contributed by atoms with Gasteiger partial charge in [0.15, 0.2) is 0 Å². The summed E-state index contributed by atoms with van der Waals surface area (Å²) in [5, 5.41) is 23.6. The molecular weight excluding hydrogens is 538 g/mol. The maximum atomic E-state index is 12.8. The number of benzene rings is 1. The van der Waals surface area contributed by atoms with E-state index in [1.807, 2.05) is 44.5 Å². The third-order valence-electron chi connectivity index (χ3n) is 5.85. The summed E-state index contributed by atoms with van der Waals surface area (Å²) >= 11 is 1.56. The molecule has 1 aromatic carbocycles. The van der Waals surface area contributed by atoms with Crippen LogP contribution in [0.15, 0.2) is 41.1 Å². The molecule has 1 heterocycles. The standard InChI is InChI=1S/C21H25N3O4S.C4H10N2O.C2H6.H2S/c1-14(16-7-10-29-13-16)23-20(28)21(8-2-9-21)19(27)22-11-18(26)24-17-5-3-15(12-25)4-6-17;1-2-3-6-4(5)7;1-2;/h3-7,10,13-14,25H,2,8-9,11-12H2,1H3,(H,22,27)(H,23,28)(H,24,26);2-3H2,1H3,(H3,5,6,7);1-2H3;1H2. The van der Waals surface area contributed by atoms with E-state index in [0.29, 0.717) is 25.1 Å². The van der Waals surface area contributed by atoms with Crippen LogP contribution in [0.2, 0.25) is 0 Å². The van der Waals surface area contributed by atoms with Crippen LogP contribution < -0.4 is 27.0 Å². The molecule has 1 fully saturated rings. The first-order valence-electron chi connectivity index (χ1n) is 12.9. The minimum atomic E-state index is -1.10. The van der Waals surface area contributed by atoms with Gasteiger partial charge in [-0.1, -0.05) is 39.3 Å². The number of urea groups is 1. The molecule has 0 spiro atoms. The largest absolute Gasteiger partial charge is 0.392 e. The molecule has 1 saturated carbocycles. The smallest absolute Gasteiger partial charge is 0.312 e. The highest BCUT2D eigenvalue weighted by Crippen LogP contribution is 2.42. The number of rotatable bonds is 10. The summed E-state index contributed by atoms with van der Waals surface area (Å²) in [4.78, 5) is 47.5. The molecule has 0 saturated heterocycles. The Balaban J connectivity index is 0.00000126. The molecule has 1 aromatic heterocycles. The summed E-state index contributed by atoms with van der Waals surface area (Å²) in [5.41, 5.74) is 5.94. The lowest BCUT2D eigenvalue weighted by Crippen LogP contribution is -2.56. The number of anilines is 1. The molecule has 10 nitrogen and oxygen atoms in total. The van der Waals surface area contributed by atoms with Gasteiger partial charge < -0.3 is 32.1 Å². The molecule has 12 heteroatoms. The van der Waals surface area contributed by atoms with Crippen LogP contribution in [0.3, 0.4) is 0 Å². The first kappa shape index (κ1) is 35.9. The zero-order valence-corrected chi connectivity index (χ0v) is 25.0. The van der Waals surface area contributed by atoms with Crippen molar-refractivity contribution in [3.63, 3.8) is 0 Å². The van der Waals surface area contributed by atoms with E-state index in [2.05, 4.69) is 21.3 Å². The Labute approximate surface area is 242 Å². The summed E-state index contributed by atoms with van der Waals surface area (Å²) < 4.78 is 0. The Hall–Kier alpha value is -3.09. The van der Waals surface area contributed by atoms with E-state index in [9.17, 15) is 19.2 Å². The van der Waals surface area contributed by atoms with Crippen molar-refractivity contribution in [3.8, 4) is 0 Å². The van der Waals surface area contributed by atoms with E-state index in [1.54, 1.807) is 35.6 Å². The van der Waals surface area contributed by atoms with E-state index >= 15 is 0 Å². The third-order valence-corrected chi connectivity index (χ3v) is 6.55. The number of nitrogens with one attached hydrogen (secondary N) is 4. The van der Waals surface area contributed by atoms with Crippen molar-refractivity contribution in [3.05, 3.63) is 52.2 Å². The Morgan fingerprint density at radius 1 is 1.05 bits per heavy atom. The first-order valence-corrected chi connectivity index (χ1v) is 13.8. The quantitative estimate of drug-likeness (QED) is 0.236. The lowest BCUT2D eigenvalue weighted by atomic mass is 9.67. The fraction of sp³-hybridized carbons (Fsp3) is 0.481. The van der Waals surface area contributed by atoms with Gasteiger partial charge in [0.2, 0.25) is 17.7 Å². The van der Waals surface area contributed by atoms with Gasteiger partial charge in [-0.15, -0.1) is 0 Å². The van der Waals surface area contributed by atoms with Gasteiger partial charge in [-0.05, 0) is 66.3 Å². The number of hydrogen-bond acceptors (Lipinski definition) is 6. The van der Waals surface area contributed by atoms with Crippen molar-refractivity contribution < 1.29 is 24.3 Å². The zero-order valence-electron chi connectivity index (χ0n) is 23.1. The Morgan fingerprint density at radius 2 is 1.69 bits per heavy atom. The lowest BCUT2D eigenvalue weighted by Gasteiger charge is -2.39. The van der Waals surface area contributed by atoms with Crippen molar-refractivity contribution in [1.29, 1.82) is 0 Å². The van der Waals surface area contributed by atoms with Crippen molar-refractivity contribution in [1.82, 2.24) is 16.0 Å². The first-order chi connectivity index (χ1) is 18.2. The predicted molar refractivity (Wildman–Crippen MR) is 161 cm³/mol. The highest BCUT2D eigenvalue weighted by atomic mass is 32.1. The normalized spacial score (nSPS) is 13.3. The van der Waals surface area contributed by atoms with Crippen LogP contribution in [-0.4, -0.2) is 41.9 Å². The van der Waals surface area contributed by atoms with Crippen LogP contribution in [0, 0.1) is 5.41 Å². The second-order valence-electron chi connectivity index (χ2n) is 8.56. The SMILES string of the molecule is CC.CC(NC(=O)C1(C(=O)NCC(=O)Nc2ccc(CO)cc2)CCC1)c1ccsc1.CCCNC(N)=O.S. The molecule has 2 aromatic rings. The van der Waals surface area contributed by atoms with Gasteiger partial charge in [0.25, 0.3) is 0 Å². The van der Waals surface area contributed by atoms with Crippen molar-refractivity contribution >= 4 is 54.3 Å². The van der Waals surface area contributed by atoms with Crippen molar-refractivity contribution in [2.75, 3.05) is 18.4 Å². The number of aliphatic hydroxyl groups excluding tert-OH is 1. The maximum Gasteiger partial charge on any atom is 0.312 e. The molecular formula is C27H43N5O5S2. The lowest BCUT2D eigenvalue weighted by molar-refractivity contribution is -0.150. The van der Waals surface area contributed by atoms with Crippen LogP contribution in [0.5, 0.6) is 0 Å². The van der Waals surface area contributed by atoms with Crippen LogP contribution in [0.4, 0.5) is 10.5 Å². The Morgan fingerprint density at radius 3 is 2.13 bits per heavy atom. The number of nitrogens with two attached hydrogens (primary N) is 1. The Bertz CT molecular complexity index is 1010. The summed E-state index contributed by atoms with van der Waals surface area (Å²) in [6.07, 6.45) is 2.69. The third kappa shape index (κ3) is 11.7. The van der Waals surface area contributed by atoms with Gasteiger partial charge in [0.1, 0.15) is 5.41 Å². The summed E-state index contributed by atoms with van der Waals surface area (Å²) in [5.74, 6) is -1.08. The maximum absolute atomic E-state index is 12.8. The number of amides is 5. The molecule has 1 atom stereocenters. The highest BCUT2D eigenvalue weighted by molar-refractivity contribution is 7.59. The zero-order chi connectivity index (χ0) is 28.6. The molecule has 39 heavy (non-hydrogen) atoms. The molecule has 1 unspecified atom stereocenters. The number of thiophene rings is 1. The molecule has 0 bridgehead atoms. The average Bonchev–Trinajstić information content (AvgIpc) is 3.43. The fourth-order valence-electron chi connectivity index (χ4n) is 3.50. The number of hydrogen-bond donors (Lipinski definition) is 6. The highest BCUT2D eigenvalue weighted by Gasteiger charge is 2.51. The molecule has 1 aliphatic carbocycles.